The van der Waals surface area contributed by atoms with Gasteiger partial charge in [0.2, 0.25) is 0 Å². The summed E-state index contributed by atoms with van der Waals surface area (Å²) in [6.45, 7) is 0.430. The minimum Gasteiger partial charge on any atom is -0.508 e. The third kappa shape index (κ3) is 4.39. The summed E-state index contributed by atoms with van der Waals surface area (Å²) in [7, 11) is -1.82. The predicted molar refractivity (Wildman–Crippen MR) is 123 cm³/mol. The van der Waals surface area contributed by atoms with Crippen molar-refractivity contribution in [3.8, 4) is 5.75 Å². The number of anilines is 2. The van der Waals surface area contributed by atoms with Crippen molar-refractivity contribution in [3.05, 3.63) is 84.6 Å². The molecule has 4 aromatic rings. The Bertz CT molecular complexity index is 1310. The second-order valence-electron chi connectivity index (χ2n) is 7.03. The van der Waals surface area contributed by atoms with Crippen molar-refractivity contribution >= 4 is 45.6 Å². The van der Waals surface area contributed by atoms with Crippen LogP contribution in [-0.2, 0) is 16.6 Å². The summed E-state index contributed by atoms with van der Waals surface area (Å²) >= 11 is 0. The Balaban J connectivity index is 1.46. The molecule has 150 valence electrons. The lowest BCUT2D eigenvalue weighted by Gasteiger charge is -2.11. The van der Waals surface area contributed by atoms with Crippen LogP contribution in [0.15, 0.2) is 83.9 Å². The molecule has 30 heavy (non-hydrogen) atoms. The van der Waals surface area contributed by atoms with E-state index < -0.39 is 10.0 Å². The molecule has 4 rings (SSSR count). The van der Waals surface area contributed by atoms with Gasteiger partial charge in [-0.1, -0.05) is 35.8 Å². The van der Waals surface area contributed by atoms with Gasteiger partial charge >= 0.3 is 0 Å². The number of hydrogen-bond acceptors (Lipinski definition) is 5. The van der Waals surface area contributed by atoms with Crippen molar-refractivity contribution in [3.63, 3.8) is 0 Å². The first-order chi connectivity index (χ1) is 14.4. The van der Waals surface area contributed by atoms with Crippen LogP contribution < -0.4 is 15.5 Å². The molecule has 0 atom stereocenters. The number of nitrogens with one attached hydrogen (secondary N) is 2. The van der Waals surface area contributed by atoms with Crippen LogP contribution in [0.5, 0.6) is 5.75 Å². The molecule has 1 aromatic heterocycles. The van der Waals surface area contributed by atoms with Crippen molar-refractivity contribution in [1.29, 1.82) is 0 Å². The van der Waals surface area contributed by atoms with Gasteiger partial charge in [0.25, 0.3) is 10.0 Å². The zero-order valence-corrected chi connectivity index (χ0v) is 17.1. The summed E-state index contributed by atoms with van der Waals surface area (Å²) in [5.41, 5.74) is 3.71. The molecule has 0 spiro atoms. The normalized spacial score (nSPS) is 11.3. The number of fused-ring (bicyclic) bond motifs is 1. The number of pyridine rings is 1. The fourth-order valence-electron chi connectivity index (χ4n) is 3.11. The average Bonchev–Trinajstić information content (AvgIpc) is 2.73. The Morgan fingerprint density at radius 2 is 1.70 bits per heavy atom. The number of aromatic nitrogens is 1. The zero-order chi connectivity index (χ0) is 21.1. The Morgan fingerprint density at radius 3 is 2.47 bits per heavy atom. The van der Waals surface area contributed by atoms with E-state index in [1.165, 1.54) is 18.3 Å². The lowest BCUT2D eigenvalue weighted by Crippen LogP contribution is -2.13. The molecular weight excluding hydrogens is 397 g/mol. The molecule has 0 saturated carbocycles. The van der Waals surface area contributed by atoms with Gasteiger partial charge in [0.1, 0.15) is 13.6 Å². The van der Waals surface area contributed by atoms with Crippen molar-refractivity contribution in [2.45, 2.75) is 11.4 Å². The molecule has 0 radical (unpaired) electrons. The first-order valence-corrected chi connectivity index (χ1v) is 10.9. The molecule has 1 heterocycles. The van der Waals surface area contributed by atoms with Crippen LogP contribution in [0.4, 0.5) is 11.4 Å². The number of aromatic hydroxyl groups is 1. The summed E-state index contributed by atoms with van der Waals surface area (Å²) in [5, 5.41) is 14.0. The fourth-order valence-corrected chi connectivity index (χ4v) is 4.15. The zero-order valence-electron chi connectivity index (χ0n) is 16.3. The van der Waals surface area contributed by atoms with Gasteiger partial charge in [-0.2, -0.15) is 0 Å². The first kappa shape index (κ1) is 19.8. The number of benzene rings is 3. The van der Waals surface area contributed by atoms with E-state index in [1.807, 2.05) is 44.2 Å². The van der Waals surface area contributed by atoms with E-state index in [0.717, 1.165) is 27.6 Å². The number of para-hydroxylation sites is 1. The van der Waals surface area contributed by atoms with Crippen molar-refractivity contribution < 1.29 is 13.5 Å². The summed E-state index contributed by atoms with van der Waals surface area (Å²) in [4.78, 5) is 4.43. The highest BCUT2D eigenvalue weighted by Gasteiger charge is 2.14. The van der Waals surface area contributed by atoms with Crippen molar-refractivity contribution in [2.75, 3.05) is 10.0 Å². The Morgan fingerprint density at radius 1 is 0.933 bits per heavy atom. The monoisotopic (exact) mass is 417 g/mol. The molecule has 6 nitrogen and oxygen atoms in total. The maximum absolute atomic E-state index is 12.7. The lowest BCUT2D eigenvalue weighted by molar-refractivity contribution is 0.469. The average molecular weight is 417 g/mol. The molecule has 0 bridgehead atoms. The minimum atomic E-state index is -3.74. The molecule has 0 amide bonds. The van der Waals surface area contributed by atoms with Crippen molar-refractivity contribution in [2.24, 2.45) is 0 Å². The van der Waals surface area contributed by atoms with Crippen LogP contribution in [-0.4, -0.2) is 26.4 Å². The van der Waals surface area contributed by atoms with Gasteiger partial charge in [0, 0.05) is 23.2 Å². The van der Waals surface area contributed by atoms with Crippen LogP contribution in [0.25, 0.3) is 10.9 Å². The largest absolute Gasteiger partial charge is 0.508 e. The van der Waals surface area contributed by atoms with Crippen LogP contribution >= 0.6 is 0 Å². The number of phenols is 1. The van der Waals surface area contributed by atoms with Gasteiger partial charge < -0.3 is 10.4 Å². The maximum Gasteiger partial charge on any atom is 0.261 e. The summed E-state index contributed by atoms with van der Waals surface area (Å²) in [6.07, 6.45) is 1.50. The predicted octanol–water partition coefficient (Wildman–Crippen LogP) is 2.61. The molecular formula is C22H20BN3O3S. The van der Waals surface area contributed by atoms with Gasteiger partial charge in [-0.25, -0.2) is 8.42 Å². The van der Waals surface area contributed by atoms with Crippen LogP contribution in [0, 0.1) is 0 Å². The maximum atomic E-state index is 12.7. The third-order valence-corrected chi connectivity index (χ3v) is 6.13. The quantitative estimate of drug-likeness (QED) is 0.420. The number of nitrogens with zero attached hydrogens (tertiary/aromatic N) is 1. The summed E-state index contributed by atoms with van der Waals surface area (Å²) in [5.74, 6) is 0.231. The first-order valence-electron chi connectivity index (χ1n) is 9.41. The van der Waals surface area contributed by atoms with E-state index in [1.54, 1.807) is 24.3 Å². The van der Waals surface area contributed by atoms with Gasteiger partial charge in [-0.3, -0.25) is 9.71 Å². The van der Waals surface area contributed by atoms with E-state index in [0.29, 0.717) is 12.2 Å². The second-order valence-corrected chi connectivity index (χ2v) is 8.71. The Hall–Kier alpha value is -3.52. The molecule has 0 aliphatic carbocycles. The van der Waals surface area contributed by atoms with Crippen LogP contribution in [0.2, 0.25) is 0 Å². The fraction of sp³-hybridized carbons (Fsp3) is 0.0455. The van der Waals surface area contributed by atoms with Gasteiger partial charge in [-0.15, -0.1) is 0 Å². The Labute approximate surface area is 176 Å². The molecule has 0 saturated heterocycles. The van der Waals surface area contributed by atoms with E-state index in [2.05, 4.69) is 15.0 Å². The number of sulfonamides is 1. The number of rotatable bonds is 6. The molecule has 8 heteroatoms. The number of phenolic OH excluding ortho intramolecular Hbond substituents is 1. The highest BCUT2D eigenvalue weighted by atomic mass is 32.2. The minimum absolute atomic E-state index is 0.152. The molecule has 0 unspecified atom stereocenters. The standard InChI is InChI=1S/C22H20BN3O3S/c23-17-6-5-16(22(27)12-17)13-24-18-7-9-20(10-8-18)30(28,29)26-19-11-15-3-1-2-4-21(15)25-14-19/h1-12,14,24,26-27H,13,23H2. The SMILES string of the molecule is Bc1ccc(CNc2ccc(S(=O)(=O)Nc3cnc4ccccc4c3)cc2)c(O)c1. The number of hydrogen-bond donors (Lipinski definition) is 3. The lowest BCUT2D eigenvalue weighted by atomic mass is 9.94. The van der Waals surface area contributed by atoms with E-state index >= 15 is 0 Å². The highest BCUT2D eigenvalue weighted by Crippen LogP contribution is 2.22. The highest BCUT2D eigenvalue weighted by molar-refractivity contribution is 7.92. The van der Waals surface area contributed by atoms with Crippen LogP contribution in [0.3, 0.4) is 0 Å². The van der Waals surface area contributed by atoms with Crippen molar-refractivity contribution in [1.82, 2.24) is 4.98 Å². The van der Waals surface area contributed by atoms with Crippen LogP contribution in [0.1, 0.15) is 5.56 Å². The second kappa shape index (κ2) is 8.08. The molecule has 0 aliphatic rings. The molecule has 0 aliphatic heterocycles. The third-order valence-electron chi connectivity index (χ3n) is 4.73. The van der Waals surface area contributed by atoms with E-state index in [-0.39, 0.29) is 10.6 Å². The molecule has 3 N–H and O–H groups in total. The van der Waals surface area contributed by atoms with E-state index in [9.17, 15) is 13.5 Å². The topological polar surface area (TPSA) is 91.3 Å². The summed E-state index contributed by atoms with van der Waals surface area (Å²) < 4.78 is 28.0. The van der Waals surface area contributed by atoms with Gasteiger partial charge in [0.05, 0.1) is 22.3 Å². The Kier molecular flexibility index (Phi) is 5.33. The van der Waals surface area contributed by atoms with Gasteiger partial charge in [0.15, 0.2) is 0 Å². The smallest absolute Gasteiger partial charge is 0.261 e. The summed E-state index contributed by atoms with van der Waals surface area (Å²) in [6, 6.07) is 21.2. The van der Waals surface area contributed by atoms with Gasteiger partial charge in [-0.05, 0) is 42.5 Å². The molecule has 3 aromatic carbocycles. The van der Waals surface area contributed by atoms with E-state index in [4.69, 9.17) is 0 Å². The molecule has 0 fully saturated rings.